The predicted octanol–water partition coefficient (Wildman–Crippen LogP) is 1.67. The highest BCUT2D eigenvalue weighted by molar-refractivity contribution is 5.70. The maximum Gasteiger partial charge on any atom is 0.307 e. The van der Waals surface area contributed by atoms with E-state index in [2.05, 4.69) is 6.08 Å². The van der Waals surface area contributed by atoms with Crippen LogP contribution in [0.5, 0.6) is 0 Å². The fraction of sp³-hybridized carbons (Fsp3) is 0.625. The van der Waals surface area contributed by atoms with Crippen molar-refractivity contribution in [1.82, 2.24) is 0 Å². The molecule has 10 heavy (non-hydrogen) atoms. The SMILES string of the molecule is C[C@H]1C=CCCC1C(=O)O. The Balaban J connectivity index is 2.60. The second-order valence-corrected chi connectivity index (χ2v) is 2.81. The first-order chi connectivity index (χ1) is 4.72. The van der Waals surface area contributed by atoms with Gasteiger partial charge < -0.3 is 5.11 Å². The monoisotopic (exact) mass is 140 g/mol. The summed E-state index contributed by atoms with van der Waals surface area (Å²) >= 11 is 0. The molecule has 0 aromatic carbocycles. The lowest BCUT2D eigenvalue weighted by atomic mass is 9.85. The molecule has 0 spiro atoms. The van der Waals surface area contributed by atoms with Crippen LogP contribution in [-0.2, 0) is 4.79 Å². The summed E-state index contributed by atoms with van der Waals surface area (Å²) in [7, 11) is 0. The molecule has 0 aromatic heterocycles. The number of allylic oxidation sites excluding steroid dienone is 2. The minimum Gasteiger partial charge on any atom is -0.481 e. The number of carbonyl (C=O) groups is 1. The van der Waals surface area contributed by atoms with Gasteiger partial charge in [-0.05, 0) is 18.8 Å². The van der Waals surface area contributed by atoms with E-state index in [9.17, 15) is 4.79 Å². The van der Waals surface area contributed by atoms with Crippen LogP contribution >= 0.6 is 0 Å². The number of carboxylic acids is 1. The Hall–Kier alpha value is -0.790. The van der Waals surface area contributed by atoms with Crippen molar-refractivity contribution in [3.05, 3.63) is 12.2 Å². The van der Waals surface area contributed by atoms with Gasteiger partial charge in [-0.1, -0.05) is 19.1 Å². The van der Waals surface area contributed by atoms with Crippen LogP contribution in [0, 0.1) is 11.8 Å². The largest absolute Gasteiger partial charge is 0.481 e. The third-order valence-corrected chi connectivity index (χ3v) is 2.04. The Labute approximate surface area is 60.6 Å². The predicted molar refractivity (Wildman–Crippen MR) is 38.7 cm³/mol. The standard InChI is InChI=1S/C8H12O2/c1-6-4-2-3-5-7(6)8(9)10/h2,4,6-7H,3,5H2,1H3,(H,9,10)/t6-,7?/m0/s1. The van der Waals surface area contributed by atoms with E-state index in [1.807, 2.05) is 13.0 Å². The zero-order chi connectivity index (χ0) is 7.56. The maximum atomic E-state index is 10.5. The minimum absolute atomic E-state index is 0.148. The van der Waals surface area contributed by atoms with Crippen LogP contribution < -0.4 is 0 Å². The summed E-state index contributed by atoms with van der Waals surface area (Å²) in [6.45, 7) is 1.95. The van der Waals surface area contributed by atoms with Crippen molar-refractivity contribution >= 4 is 5.97 Å². The van der Waals surface area contributed by atoms with Crippen LogP contribution in [0.25, 0.3) is 0 Å². The van der Waals surface area contributed by atoms with Crippen molar-refractivity contribution in [1.29, 1.82) is 0 Å². The van der Waals surface area contributed by atoms with Crippen LogP contribution in [0.3, 0.4) is 0 Å². The van der Waals surface area contributed by atoms with Crippen LogP contribution in [-0.4, -0.2) is 11.1 Å². The quantitative estimate of drug-likeness (QED) is 0.562. The average molecular weight is 140 g/mol. The molecule has 1 unspecified atom stereocenters. The Morgan fingerprint density at radius 3 is 2.80 bits per heavy atom. The molecule has 0 aliphatic heterocycles. The van der Waals surface area contributed by atoms with Gasteiger partial charge in [0, 0.05) is 0 Å². The Kier molecular flexibility index (Phi) is 2.10. The van der Waals surface area contributed by atoms with Gasteiger partial charge in [0.05, 0.1) is 5.92 Å². The molecule has 0 saturated heterocycles. The average Bonchev–Trinajstić information content (AvgIpc) is 1.88. The molecular formula is C8H12O2. The van der Waals surface area contributed by atoms with Gasteiger partial charge in [0.2, 0.25) is 0 Å². The first kappa shape index (κ1) is 7.32. The number of hydrogen-bond acceptors (Lipinski definition) is 1. The van der Waals surface area contributed by atoms with Crippen molar-refractivity contribution in [3.8, 4) is 0 Å². The first-order valence-corrected chi connectivity index (χ1v) is 3.61. The summed E-state index contributed by atoms with van der Waals surface area (Å²) in [5.74, 6) is -0.590. The fourth-order valence-electron chi connectivity index (χ4n) is 1.33. The van der Waals surface area contributed by atoms with Crippen molar-refractivity contribution in [2.75, 3.05) is 0 Å². The number of carboxylic acid groups (broad SMARTS) is 1. The smallest absolute Gasteiger partial charge is 0.307 e. The topological polar surface area (TPSA) is 37.3 Å². The highest BCUT2D eigenvalue weighted by Gasteiger charge is 2.23. The maximum absolute atomic E-state index is 10.5. The van der Waals surface area contributed by atoms with E-state index >= 15 is 0 Å². The second kappa shape index (κ2) is 2.86. The zero-order valence-electron chi connectivity index (χ0n) is 6.08. The lowest BCUT2D eigenvalue weighted by Crippen LogP contribution is -2.21. The summed E-state index contributed by atoms with van der Waals surface area (Å²) in [5, 5.41) is 8.67. The molecule has 0 radical (unpaired) electrons. The molecule has 1 aliphatic rings. The minimum atomic E-state index is -0.656. The van der Waals surface area contributed by atoms with Gasteiger partial charge in [-0.3, -0.25) is 4.79 Å². The molecule has 0 bridgehead atoms. The fourth-order valence-corrected chi connectivity index (χ4v) is 1.33. The highest BCUT2D eigenvalue weighted by atomic mass is 16.4. The lowest BCUT2D eigenvalue weighted by Gasteiger charge is -2.19. The molecular weight excluding hydrogens is 128 g/mol. The molecule has 2 atom stereocenters. The summed E-state index contributed by atoms with van der Waals surface area (Å²) < 4.78 is 0. The first-order valence-electron chi connectivity index (χ1n) is 3.61. The molecule has 0 heterocycles. The summed E-state index contributed by atoms with van der Waals surface area (Å²) in [6.07, 6.45) is 5.76. The van der Waals surface area contributed by atoms with E-state index in [1.54, 1.807) is 0 Å². The van der Waals surface area contributed by atoms with E-state index in [-0.39, 0.29) is 11.8 Å². The number of aliphatic carboxylic acids is 1. The van der Waals surface area contributed by atoms with Crippen LogP contribution in [0.1, 0.15) is 19.8 Å². The van der Waals surface area contributed by atoms with Crippen LogP contribution in [0.2, 0.25) is 0 Å². The van der Waals surface area contributed by atoms with E-state index < -0.39 is 5.97 Å². The summed E-state index contributed by atoms with van der Waals surface area (Å²) in [6, 6.07) is 0. The molecule has 0 amide bonds. The zero-order valence-corrected chi connectivity index (χ0v) is 6.08. The van der Waals surface area contributed by atoms with E-state index in [0.29, 0.717) is 0 Å². The van der Waals surface area contributed by atoms with Crippen LogP contribution in [0.15, 0.2) is 12.2 Å². The lowest BCUT2D eigenvalue weighted by molar-refractivity contribution is -0.143. The van der Waals surface area contributed by atoms with Crippen molar-refractivity contribution in [2.45, 2.75) is 19.8 Å². The van der Waals surface area contributed by atoms with E-state index in [1.165, 1.54) is 0 Å². The summed E-state index contributed by atoms with van der Waals surface area (Å²) in [5.41, 5.74) is 0. The third-order valence-electron chi connectivity index (χ3n) is 2.04. The number of rotatable bonds is 1. The van der Waals surface area contributed by atoms with Gasteiger partial charge >= 0.3 is 5.97 Å². The molecule has 0 fully saturated rings. The van der Waals surface area contributed by atoms with Gasteiger partial charge in [0.15, 0.2) is 0 Å². The number of hydrogen-bond donors (Lipinski definition) is 1. The molecule has 56 valence electrons. The molecule has 2 nitrogen and oxygen atoms in total. The van der Waals surface area contributed by atoms with Gasteiger partial charge in [0.25, 0.3) is 0 Å². The molecule has 0 saturated carbocycles. The van der Waals surface area contributed by atoms with Crippen molar-refractivity contribution in [2.24, 2.45) is 11.8 Å². The molecule has 0 aromatic rings. The molecule has 2 heteroatoms. The van der Waals surface area contributed by atoms with Crippen molar-refractivity contribution < 1.29 is 9.90 Å². The second-order valence-electron chi connectivity index (χ2n) is 2.81. The van der Waals surface area contributed by atoms with Gasteiger partial charge in [0.1, 0.15) is 0 Å². The Bertz CT molecular complexity index is 161. The molecule has 1 N–H and O–H groups in total. The van der Waals surface area contributed by atoms with Crippen LogP contribution in [0.4, 0.5) is 0 Å². The van der Waals surface area contributed by atoms with E-state index in [0.717, 1.165) is 12.8 Å². The molecule has 1 rings (SSSR count). The normalized spacial score (nSPS) is 32.1. The van der Waals surface area contributed by atoms with E-state index in [4.69, 9.17) is 5.11 Å². The van der Waals surface area contributed by atoms with Gasteiger partial charge in [-0.25, -0.2) is 0 Å². The third kappa shape index (κ3) is 1.38. The Morgan fingerprint density at radius 1 is 1.70 bits per heavy atom. The van der Waals surface area contributed by atoms with Gasteiger partial charge in [-0.2, -0.15) is 0 Å². The highest BCUT2D eigenvalue weighted by Crippen LogP contribution is 2.23. The summed E-state index contributed by atoms with van der Waals surface area (Å²) in [4.78, 5) is 10.5. The Morgan fingerprint density at radius 2 is 2.40 bits per heavy atom. The van der Waals surface area contributed by atoms with Crippen molar-refractivity contribution in [3.63, 3.8) is 0 Å². The molecule has 1 aliphatic carbocycles. The van der Waals surface area contributed by atoms with Gasteiger partial charge in [-0.15, -0.1) is 0 Å².